The van der Waals surface area contributed by atoms with Crippen molar-refractivity contribution in [3.8, 4) is 0 Å². The molecule has 74 valence electrons. The van der Waals surface area contributed by atoms with Gasteiger partial charge < -0.3 is 9.97 Å². The minimum absolute atomic E-state index is 0.608. The number of H-pyrrole nitrogens is 2. The molecule has 0 bridgehead atoms. The summed E-state index contributed by atoms with van der Waals surface area (Å²) in [4.78, 5) is 6.24. The van der Waals surface area contributed by atoms with Crippen LogP contribution in [0, 0.1) is 4.77 Å². The quantitative estimate of drug-likeness (QED) is 0.721. The van der Waals surface area contributed by atoms with Crippen LogP contribution < -0.4 is 0 Å². The van der Waals surface area contributed by atoms with Crippen molar-refractivity contribution in [3.05, 3.63) is 28.5 Å². The molecule has 3 heteroatoms. The molecule has 0 fully saturated rings. The molecule has 0 saturated heterocycles. The van der Waals surface area contributed by atoms with Crippen molar-refractivity contribution in [2.75, 3.05) is 0 Å². The Balaban J connectivity index is 2.55. The lowest BCUT2D eigenvalue weighted by atomic mass is 9.98. The van der Waals surface area contributed by atoms with Gasteiger partial charge in [0, 0.05) is 0 Å². The van der Waals surface area contributed by atoms with Crippen LogP contribution in [0.3, 0.4) is 0 Å². The summed E-state index contributed by atoms with van der Waals surface area (Å²) in [6.45, 7) is 4.44. The van der Waals surface area contributed by atoms with Crippen molar-refractivity contribution in [3.63, 3.8) is 0 Å². The monoisotopic (exact) mass is 206 g/mol. The second-order valence-electron chi connectivity index (χ2n) is 3.69. The van der Waals surface area contributed by atoms with E-state index < -0.39 is 0 Å². The highest BCUT2D eigenvalue weighted by Gasteiger charge is 2.04. The number of benzene rings is 1. The number of nitrogens with one attached hydrogen (secondary N) is 2. The van der Waals surface area contributed by atoms with Crippen molar-refractivity contribution in [1.29, 1.82) is 0 Å². The molecule has 2 nitrogen and oxygen atoms in total. The number of imidazole rings is 1. The van der Waals surface area contributed by atoms with Gasteiger partial charge in [0.05, 0.1) is 11.0 Å². The fraction of sp³-hybridized carbons (Fsp3) is 0.364. The number of rotatable bonds is 2. The molecule has 2 N–H and O–H groups in total. The molecule has 0 aliphatic carbocycles. The normalized spacial score (nSPS) is 13.3. The summed E-state index contributed by atoms with van der Waals surface area (Å²) in [5.74, 6) is 0.608. The highest BCUT2D eigenvalue weighted by molar-refractivity contribution is 7.71. The van der Waals surface area contributed by atoms with E-state index in [2.05, 4.69) is 42.0 Å². The maximum atomic E-state index is 5.04. The minimum atomic E-state index is 0.608. The number of hydrogen-bond acceptors (Lipinski definition) is 1. The summed E-state index contributed by atoms with van der Waals surface area (Å²) in [6, 6.07) is 6.43. The Labute approximate surface area is 88.4 Å². The van der Waals surface area contributed by atoms with Crippen molar-refractivity contribution in [1.82, 2.24) is 9.97 Å². The molecule has 1 aromatic heterocycles. The lowest BCUT2D eigenvalue weighted by molar-refractivity contribution is 0.734. The van der Waals surface area contributed by atoms with Crippen molar-refractivity contribution >= 4 is 23.3 Å². The molecule has 0 spiro atoms. The van der Waals surface area contributed by atoms with Gasteiger partial charge in [0.25, 0.3) is 0 Å². The maximum Gasteiger partial charge on any atom is 0.175 e. The minimum Gasteiger partial charge on any atom is -0.331 e. The van der Waals surface area contributed by atoms with E-state index in [0.29, 0.717) is 10.7 Å². The first kappa shape index (κ1) is 9.46. The van der Waals surface area contributed by atoms with E-state index in [0.717, 1.165) is 17.5 Å². The molecule has 1 unspecified atom stereocenters. The highest BCUT2D eigenvalue weighted by Crippen LogP contribution is 2.21. The Morgan fingerprint density at radius 3 is 2.71 bits per heavy atom. The number of aromatic nitrogens is 2. The lowest BCUT2D eigenvalue weighted by Gasteiger charge is -2.07. The van der Waals surface area contributed by atoms with E-state index in [-0.39, 0.29) is 0 Å². The Kier molecular flexibility index (Phi) is 2.42. The van der Waals surface area contributed by atoms with Gasteiger partial charge in [-0.2, -0.15) is 0 Å². The van der Waals surface area contributed by atoms with E-state index in [1.807, 2.05) is 0 Å². The van der Waals surface area contributed by atoms with Crippen molar-refractivity contribution in [2.45, 2.75) is 26.2 Å². The van der Waals surface area contributed by atoms with Gasteiger partial charge in [0.15, 0.2) is 4.77 Å². The molecule has 1 atom stereocenters. The molecular formula is C11H14N2S. The van der Waals surface area contributed by atoms with E-state index in [9.17, 15) is 0 Å². The van der Waals surface area contributed by atoms with Crippen LogP contribution in [0.2, 0.25) is 0 Å². The van der Waals surface area contributed by atoms with Gasteiger partial charge in [-0.25, -0.2) is 0 Å². The average molecular weight is 206 g/mol. The smallest absolute Gasteiger partial charge is 0.175 e. The highest BCUT2D eigenvalue weighted by atomic mass is 32.1. The molecule has 14 heavy (non-hydrogen) atoms. The molecule has 1 aromatic carbocycles. The zero-order valence-electron chi connectivity index (χ0n) is 8.42. The van der Waals surface area contributed by atoms with Gasteiger partial charge in [-0.15, -0.1) is 0 Å². The van der Waals surface area contributed by atoms with Crippen LogP contribution in [0.15, 0.2) is 18.2 Å². The van der Waals surface area contributed by atoms with E-state index >= 15 is 0 Å². The van der Waals surface area contributed by atoms with Crippen LogP contribution >= 0.6 is 12.2 Å². The van der Waals surface area contributed by atoms with Crippen molar-refractivity contribution < 1.29 is 0 Å². The first-order chi connectivity index (χ1) is 6.70. The standard InChI is InChI=1S/C11H14N2S/c1-3-7(2)8-4-5-9-10(6-8)13-11(14)12-9/h4-7H,3H2,1-2H3,(H2,12,13,14). The lowest BCUT2D eigenvalue weighted by Crippen LogP contribution is -1.90. The fourth-order valence-corrected chi connectivity index (χ4v) is 1.81. The molecule has 0 aliphatic heterocycles. The summed E-state index contributed by atoms with van der Waals surface area (Å²) >= 11 is 5.04. The van der Waals surface area contributed by atoms with Crippen molar-refractivity contribution in [2.24, 2.45) is 0 Å². The van der Waals surface area contributed by atoms with Gasteiger partial charge in [-0.05, 0) is 42.3 Å². The van der Waals surface area contributed by atoms with Gasteiger partial charge in [-0.1, -0.05) is 19.9 Å². The summed E-state index contributed by atoms with van der Waals surface area (Å²) in [5.41, 5.74) is 3.56. The molecule has 0 amide bonds. The maximum absolute atomic E-state index is 5.04. The predicted molar refractivity (Wildman–Crippen MR) is 62.2 cm³/mol. The van der Waals surface area contributed by atoms with Crippen LogP contribution in [0.5, 0.6) is 0 Å². The van der Waals surface area contributed by atoms with Crippen LogP contribution in [0.1, 0.15) is 31.7 Å². The molecule has 0 saturated carbocycles. The third-order valence-corrected chi connectivity index (χ3v) is 2.93. The predicted octanol–water partition coefficient (Wildman–Crippen LogP) is 3.74. The van der Waals surface area contributed by atoms with E-state index in [1.165, 1.54) is 5.56 Å². The summed E-state index contributed by atoms with van der Waals surface area (Å²) in [6.07, 6.45) is 1.16. The summed E-state index contributed by atoms with van der Waals surface area (Å²) < 4.78 is 0.696. The van der Waals surface area contributed by atoms with Crippen LogP contribution in [-0.2, 0) is 0 Å². The van der Waals surface area contributed by atoms with Crippen LogP contribution in [0.4, 0.5) is 0 Å². The second kappa shape index (κ2) is 3.58. The fourth-order valence-electron chi connectivity index (χ4n) is 1.59. The molecular weight excluding hydrogens is 192 g/mol. The molecule has 2 rings (SSSR count). The number of aromatic amines is 2. The van der Waals surface area contributed by atoms with Crippen LogP contribution in [0.25, 0.3) is 11.0 Å². The van der Waals surface area contributed by atoms with E-state index in [1.54, 1.807) is 0 Å². The summed E-state index contributed by atoms with van der Waals surface area (Å²) in [5, 5.41) is 0. The third-order valence-electron chi connectivity index (χ3n) is 2.72. The topological polar surface area (TPSA) is 31.6 Å². The number of hydrogen-bond donors (Lipinski definition) is 2. The zero-order chi connectivity index (χ0) is 10.1. The average Bonchev–Trinajstić information content (AvgIpc) is 2.55. The van der Waals surface area contributed by atoms with Gasteiger partial charge in [0.1, 0.15) is 0 Å². The van der Waals surface area contributed by atoms with Gasteiger partial charge in [0.2, 0.25) is 0 Å². The first-order valence-electron chi connectivity index (χ1n) is 4.92. The molecule has 0 aliphatic rings. The third kappa shape index (κ3) is 1.60. The summed E-state index contributed by atoms with van der Waals surface area (Å²) in [7, 11) is 0. The largest absolute Gasteiger partial charge is 0.331 e. The Hall–Kier alpha value is -1.09. The Morgan fingerprint density at radius 1 is 1.29 bits per heavy atom. The van der Waals surface area contributed by atoms with Crippen LogP contribution in [-0.4, -0.2) is 9.97 Å². The van der Waals surface area contributed by atoms with E-state index in [4.69, 9.17) is 12.2 Å². The zero-order valence-corrected chi connectivity index (χ0v) is 9.24. The number of fused-ring (bicyclic) bond motifs is 1. The second-order valence-corrected chi connectivity index (χ2v) is 4.10. The first-order valence-corrected chi connectivity index (χ1v) is 5.33. The Bertz CT molecular complexity index is 495. The van der Waals surface area contributed by atoms with Gasteiger partial charge in [-0.3, -0.25) is 0 Å². The van der Waals surface area contributed by atoms with Gasteiger partial charge >= 0.3 is 0 Å². The molecule has 1 heterocycles. The SMILES string of the molecule is CCC(C)c1ccc2[nH]c(=S)[nH]c2c1. The molecule has 0 radical (unpaired) electrons. The molecule has 2 aromatic rings. The Morgan fingerprint density at radius 2 is 2.00 bits per heavy atom.